The molecule has 4 aromatic heterocycles. The van der Waals surface area contributed by atoms with Gasteiger partial charge in [-0.25, -0.2) is 9.37 Å². The van der Waals surface area contributed by atoms with Crippen molar-refractivity contribution in [1.29, 1.82) is 0 Å². The van der Waals surface area contributed by atoms with Gasteiger partial charge in [0.05, 0.1) is 12.7 Å². The summed E-state index contributed by atoms with van der Waals surface area (Å²) in [7, 11) is 0. The number of aromatic nitrogens is 7. The van der Waals surface area contributed by atoms with E-state index in [2.05, 4.69) is 40.8 Å². The standard InChI is InChI=1S/C21H21FN10O/c22-13-8-15(19(33)25-17-10-23-5-6-24-17)32(11-13)21-27-18-2-1-7-31(18)20(28-21)26-16-9-14(29-30-16)12-3-4-12/h1-2,5-7,9-10,12-13,15H,3-4,8,11H2,(H,24,25,33)(H2,26,27,28,29,30). The molecule has 33 heavy (non-hydrogen) atoms. The molecule has 168 valence electrons. The molecule has 6 rings (SSSR count). The molecule has 2 fully saturated rings. The molecule has 1 aliphatic heterocycles. The van der Waals surface area contributed by atoms with Gasteiger partial charge in [-0.1, -0.05) is 0 Å². The molecule has 4 aromatic rings. The summed E-state index contributed by atoms with van der Waals surface area (Å²) in [5, 5.41) is 13.3. The van der Waals surface area contributed by atoms with Crippen molar-refractivity contribution in [3.8, 4) is 0 Å². The highest BCUT2D eigenvalue weighted by Crippen LogP contribution is 2.39. The van der Waals surface area contributed by atoms with E-state index in [1.165, 1.54) is 31.4 Å². The molecule has 3 N–H and O–H groups in total. The van der Waals surface area contributed by atoms with Crippen molar-refractivity contribution in [3.63, 3.8) is 0 Å². The molecule has 0 radical (unpaired) electrons. The van der Waals surface area contributed by atoms with E-state index in [1.807, 2.05) is 24.4 Å². The van der Waals surface area contributed by atoms with Gasteiger partial charge in [0.1, 0.15) is 17.9 Å². The van der Waals surface area contributed by atoms with Crippen LogP contribution >= 0.6 is 0 Å². The number of amides is 1. The Morgan fingerprint density at radius 2 is 2.12 bits per heavy atom. The van der Waals surface area contributed by atoms with Gasteiger partial charge in [0.2, 0.25) is 17.8 Å². The van der Waals surface area contributed by atoms with Gasteiger partial charge in [-0.05, 0) is 25.0 Å². The molecule has 0 aromatic carbocycles. The van der Waals surface area contributed by atoms with Crippen molar-refractivity contribution < 1.29 is 9.18 Å². The number of nitrogens with one attached hydrogen (secondary N) is 3. The zero-order chi connectivity index (χ0) is 22.4. The van der Waals surface area contributed by atoms with Gasteiger partial charge in [0.25, 0.3) is 0 Å². The topological polar surface area (TPSA) is 129 Å². The molecule has 2 atom stereocenters. The fraction of sp³-hybridized carbons (Fsp3) is 0.333. The summed E-state index contributed by atoms with van der Waals surface area (Å²) in [6.45, 7) is 0.0170. The summed E-state index contributed by atoms with van der Waals surface area (Å²) in [5.74, 6) is 1.84. The molecule has 0 spiro atoms. The molecular formula is C21H21FN10O. The number of hydrogen-bond donors (Lipinski definition) is 3. The molecule has 1 amide bonds. The molecule has 1 aliphatic carbocycles. The van der Waals surface area contributed by atoms with E-state index in [0.29, 0.717) is 29.1 Å². The van der Waals surface area contributed by atoms with E-state index >= 15 is 0 Å². The van der Waals surface area contributed by atoms with Crippen LogP contribution in [0.25, 0.3) is 5.65 Å². The number of rotatable bonds is 6. The third-order valence-corrected chi connectivity index (χ3v) is 5.85. The lowest BCUT2D eigenvalue weighted by atomic mass is 10.2. The highest BCUT2D eigenvalue weighted by Gasteiger charge is 2.39. The molecule has 5 heterocycles. The number of carbonyl (C=O) groups is 1. The van der Waals surface area contributed by atoms with Crippen LogP contribution in [0.2, 0.25) is 0 Å². The largest absolute Gasteiger partial charge is 0.326 e. The predicted molar refractivity (Wildman–Crippen MR) is 118 cm³/mol. The number of aromatic amines is 1. The molecule has 2 aliphatic rings. The third-order valence-electron chi connectivity index (χ3n) is 5.85. The maximum atomic E-state index is 14.5. The van der Waals surface area contributed by atoms with Crippen molar-refractivity contribution in [2.24, 2.45) is 0 Å². The fourth-order valence-corrected chi connectivity index (χ4v) is 4.08. The zero-order valence-electron chi connectivity index (χ0n) is 17.5. The number of fused-ring (bicyclic) bond motifs is 1. The summed E-state index contributed by atoms with van der Waals surface area (Å²) >= 11 is 0. The Morgan fingerprint density at radius 3 is 2.94 bits per heavy atom. The Bertz CT molecular complexity index is 1300. The number of carbonyl (C=O) groups excluding carboxylic acids is 1. The van der Waals surface area contributed by atoms with Crippen molar-refractivity contribution >= 4 is 35.1 Å². The Labute approximate surface area is 187 Å². The highest BCUT2D eigenvalue weighted by atomic mass is 19.1. The van der Waals surface area contributed by atoms with Crippen LogP contribution in [0.15, 0.2) is 43.0 Å². The van der Waals surface area contributed by atoms with Gasteiger partial charge in [-0.2, -0.15) is 15.1 Å². The quantitative estimate of drug-likeness (QED) is 0.410. The van der Waals surface area contributed by atoms with Crippen molar-refractivity contribution in [1.82, 2.24) is 34.5 Å². The van der Waals surface area contributed by atoms with Crippen molar-refractivity contribution in [3.05, 3.63) is 48.7 Å². The molecule has 11 nitrogen and oxygen atoms in total. The first kappa shape index (κ1) is 19.6. The summed E-state index contributed by atoms with van der Waals surface area (Å²) in [5.41, 5.74) is 1.71. The molecule has 2 unspecified atom stereocenters. The first-order chi connectivity index (χ1) is 16.1. The average molecular weight is 448 g/mol. The normalized spacial score (nSPS) is 20.3. The number of alkyl halides is 1. The lowest BCUT2D eigenvalue weighted by Gasteiger charge is -2.24. The Hall–Kier alpha value is -4.09. The first-order valence-corrected chi connectivity index (χ1v) is 10.8. The monoisotopic (exact) mass is 448 g/mol. The van der Waals surface area contributed by atoms with Crippen LogP contribution < -0.4 is 15.5 Å². The molecule has 0 bridgehead atoms. The lowest BCUT2D eigenvalue weighted by Crippen LogP contribution is -2.41. The van der Waals surface area contributed by atoms with Crippen LogP contribution in [0.3, 0.4) is 0 Å². The van der Waals surface area contributed by atoms with E-state index in [9.17, 15) is 9.18 Å². The Morgan fingerprint density at radius 1 is 1.21 bits per heavy atom. The lowest BCUT2D eigenvalue weighted by molar-refractivity contribution is -0.117. The van der Waals surface area contributed by atoms with Gasteiger partial charge < -0.3 is 15.5 Å². The molecular weight excluding hydrogens is 427 g/mol. The second-order valence-corrected chi connectivity index (χ2v) is 8.27. The summed E-state index contributed by atoms with van der Waals surface area (Å²) < 4.78 is 16.2. The number of hydrogen-bond acceptors (Lipinski definition) is 8. The van der Waals surface area contributed by atoms with Crippen molar-refractivity contribution in [2.45, 2.75) is 37.4 Å². The summed E-state index contributed by atoms with van der Waals surface area (Å²) in [6, 6.07) is 4.87. The minimum atomic E-state index is -1.18. The number of H-pyrrole nitrogens is 1. The van der Waals surface area contributed by atoms with Gasteiger partial charge in [0.15, 0.2) is 11.6 Å². The van der Waals surface area contributed by atoms with Gasteiger partial charge >= 0.3 is 0 Å². The van der Waals surface area contributed by atoms with Crippen LogP contribution in [-0.2, 0) is 4.79 Å². The SMILES string of the molecule is O=C(Nc1cnccn1)C1CC(F)CN1c1nc(Nc2cc(C3CC3)[nH]n2)n2cccc2n1. The number of halogens is 1. The third kappa shape index (κ3) is 3.83. The molecule has 12 heteroatoms. The van der Waals surface area contributed by atoms with Gasteiger partial charge in [-0.15, -0.1) is 0 Å². The zero-order valence-corrected chi connectivity index (χ0v) is 17.5. The Kier molecular flexibility index (Phi) is 4.63. The van der Waals surface area contributed by atoms with Gasteiger partial charge in [0, 0.05) is 42.7 Å². The van der Waals surface area contributed by atoms with Crippen LogP contribution in [0.4, 0.5) is 27.9 Å². The number of nitrogens with zero attached hydrogens (tertiary/aromatic N) is 7. The Balaban J connectivity index is 1.30. The average Bonchev–Trinajstić information content (AvgIpc) is 3.20. The summed E-state index contributed by atoms with van der Waals surface area (Å²) in [4.78, 5) is 31.7. The van der Waals surface area contributed by atoms with Crippen molar-refractivity contribution in [2.75, 3.05) is 22.1 Å². The van der Waals surface area contributed by atoms with Gasteiger partial charge in [-0.3, -0.25) is 19.3 Å². The molecule has 1 saturated heterocycles. The van der Waals surface area contributed by atoms with E-state index < -0.39 is 12.2 Å². The van der Waals surface area contributed by atoms with Crippen LogP contribution in [0.1, 0.15) is 30.9 Å². The maximum Gasteiger partial charge on any atom is 0.248 e. The maximum absolute atomic E-state index is 14.5. The fourth-order valence-electron chi connectivity index (χ4n) is 4.08. The molecule has 1 saturated carbocycles. The first-order valence-electron chi connectivity index (χ1n) is 10.8. The number of anilines is 4. The second-order valence-electron chi connectivity index (χ2n) is 8.27. The smallest absolute Gasteiger partial charge is 0.248 e. The minimum absolute atomic E-state index is 0.0170. The predicted octanol–water partition coefficient (Wildman–Crippen LogP) is 2.42. The van der Waals surface area contributed by atoms with E-state index in [4.69, 9.17) is 0 Å². The summed E-state index contributed by atoms with van der Waals surface area (Å²) in [6.07, 6.45) is 7.44. The van der Waals surface area contributed by atoms with Crippen LogP contribution in [0, 0.1) is 0 Å². The van der Waals surface area contributed by atoms with Crippen LogP contribution in [0.5, 0.6) is 0 Å². The van der Waals surface area contributed by atoms with Crippen LogP contribution in [-0.4, -0.2) is 59.2 Å². The van der Waals surface area contributed by atoms with E-state index in [0.717, 1.165) is 5.69 Å². The minimum Gasteiger partial charge on any atom is -0.326 e. The van der Waals surface area contributed by atoms with E-state index in [-0.39, 0.29) is 24.8 Å². The second kappa shape index (κ2) is 7.80. The highest BCUT2D eigenvalue weighted by molar-refractivity contribution is 5.96. The van der Waals surface area contributed by atoms with E-state index in [1.54, 1.807) is 9.30 Å².